The third kappa shape index (κ3) is 3.66. The standard InChI is InChI=1S/C21H18N2O4S/c1-26-15-7-8-16-17(14-5-3-2-4-6-14)12-19(22-18(16)11-15)28-13-20(24)23-9-10-27-21(23)25/h2-8,11-12H,9-10,13H2,1H3. The summed E-state index contributed by atoms with van der Waals surface area (Å²) in [4.78, 5) is 29.7. The van der Waals surface area contributed by atoms with E-state index >= 15 is 0 Å². The van der Waals surface area contributed by atoms with Gasteiger partial charge in [0.2, 0.25) is 5.91 Å². The fourth-order valence-corrected chi connectivity index (χ4v) is 3.87. The van der Waals surface area contributed by atoms with Crippen molar-refractivity contribution in [3.05, 3.63) is 54.6 Å². The highest BCUT2D eigenvalue weighted by atomic mass is 32.2. The lowest BCUT2D eigenvalue weighted by Gasteiger charge is -2.12. The molecular formula is C21H18N2O4S. The average molecular weight is 394 g/mol. The predicted octanol–water partition coefficient (Wildman–Crippen LogP) is 3.98. The summed E-state index contributed by atoms with van der Waals surface area (Å²) in [6.45, 7) is 0.553. The van der Waals surface area contributed by atoms with Crippen LogP contribution in [0.3, 0.4) is 0 Å². The molecule has 4 rings (SSSR count). The molecule has 0 saturated carbocycles. The van der Waals surface area contributed by atoms with Crippen molar-refractivity contribution in [1.82, 2.24) is 9.88 Å². The number of pyridine rings is 1. The fraction of sp³-hybridized carbons (Fsp3) is 0.190. The molecule has 2 amide bonds. The van der Waals surface area contributed by atoms with Crippen LogP contribution in [0.4, 0.5) is 4.79 Å². The minimum absolute atomic E-state index is 0.117. The van der Waals surface area contributed by atoms with Gasteiger partial charge in [-0.2, -0.15) is 0 Å². The van der Waals surface area contributed by atoms with Crippen molar-refractivity contribution < 1.29 is 19.1 Å². The van der Waals surface area contributed by atoms with E-state index < -0.39 is 6.09 Å². The lowest BCUT2D eigenvalue weighted by molar-refractivity contribution is -0.125. The minimum Gasteiger partial charge on any atom is -0.497 e. The van der Waals surface area contributed by atoms with Crippen LogP contribution >= 0.6 is 11.8 Å². The summed E-state index contributed by atoms with van der Waals surface area (Å²) < 4.78 is 10.2. The summed E-state index contributed by atoms with van der Waals surface area (Å²) in [6.07, 6.45) is -0.577. The molecule has 0 atom stereocenters. The number of benzene rings is 2. The highest BCUT2D eigenvalue weighted by Gasteiger charge is 2.28. The number of aromatic nitrogens is 1. The van der Waals surface area contributed by atoms with E-state index in [0.717, 1.165) is 32.7 Å². The Morgan fingerprint density at radius 3 is 2.75 bits per heavy atom. The molecule has 2 heterocycles. The van der Waals surface area contributed by atoms with Crippen molar-refractivity contribution in [3.8, 4) is 16.9 Å². The third-order valence-corrected chi connectivity index (χ3v) is 5.38. The summed E-state index contributed by atoms with van der Waals surface area (Å²) in [6, 6.07) is 17.8. The zero-order valence-corrected chi connectivity index (χ0v) is 16.1. The van der Waals surface area contributed by atoms with Crippen molar-refractivity contribution in [2.24, 2.45) is 0 Å². The predicted molar refractivity (Wildman–Crippen MR) is 108 cm³/mol. The fourth-order valence-electron chi connectivity index (χ4n) is 3.07. The Kier molecular flexibility index (Phi) is 5.16. The number of hydrogen-bond acceptors (Lipinski definition) is 6. The van der Waals surface area contributed by atoms with E-state index in [4.69, 9.17) is 9.47 Å². The summed E-state index contributed by atoms with van der Waals surface area (Å²) >= 11 is 1.30. The van der Waals surface area contributed by atoms with E-state index in [-0.39, 0.29) is 18.3 Å². The molecule has 0 N–H and O–H groups in total. The molecule has 1 aliphatic heterocycles. The monoisotopic (exact) mass is 394 g/mol. The van der Waals surface area contributed by atoms with Gasteiger partial charge in [0.15, 0.2) is 0 Å². The number of hydrogen-bond donors (Lipinski definition) is 0. The Balaban J connectivity index is 1.68. The van der Waals surface area contributed by atoms with Gasteiger partial charge in [0, 0.05) is 11.5 Å². The number of cyclic esters (lactones) is 1. The molecule has 1 aromatic heterocycles. The molecule has 6 nitrogen and oxygen atoms in total. The molecule has 0 aliphatic carbocycles. The van der Waals surface area contributed by atoms with Crippen LogP contribution in [0.5, 0.6) is 5.75 Å². The highest BCUT2D eigenvalue weighted by molar-refractivity contribution is 7.99. The van der Waals surface area contributed by atoms with Crippen molar-refractivity contribution in [2.45, 2.75) is 5.03 Å². The quantitative estimate of drug-likeness (QED) is 0.610. The van der Waals surface area contributed by atoms with Crippen molar-refractivity contribution in [1.29, 1.82) is 0 Å². The Morgan fingerprint density at radius 2 is 2.04 bits per heavy atom. The van der Waals surface area contributed by atoms with Crippen molar-refractivity contribution in [2.75, 3.05) is 26.0 Å². The summed E-state index contributed by atoms with van der Waals surface area (Å²) in [5.41, 5.74) is 2.89. The minimum atomic E-state index is -0.577. The molecule has 0 unspecified atom stereocenters. The number of amides is 2. The summed E-state index contributed by atoms with van der Waals surface area (Å²) in [5.74, 6) is 0.560. The normalized spacial score (nSPS) is 13.6. The maximum Gasteiger partial charge on any atom is 0.416 e. The molecule has 0 spiro atoms. The van der Waals surface area contributed by atoms with E-state index in [2.05, 4.69) is 4.98 Å². The molecule has 2 aromatic carbocycles. The molecule has 7 heteroatoms. The van der Waals surface area contributed by atoms with Crippen molar-refractivity contribution >= 4 is 34.7 Å². The first-order chi connectivity index (χ1) is 13.7. The van der Waals surface area contributed by atoms with Crippen molar-refractivity contribution in [3.63, 3.8) is 0 Å². The second-order valence-electron chi connectivity index (χ2n) is 6.21. The number of methoxy groups -OCH3 is 1. The number of ether oxygens (including phenoxy) is 2. The molecular weight excluding hydrogens is 376 g/mol. The number of rotatable bonds is 5. The van der Waals surface area contributed by atoms with E-state index in [1.165, 1.54) is 11.8 Å². The second kappa shape index (κ2) is 7.90. The Bertz CT molecular complexity index is 1040. The van der Waals surface area contributed by atoms with Gasteiger partial charge in [-0.1, -0.05) is 42.1 Å². The van der Waals surface area contributed by atoms with Gasteiger partial charge in [-0.25, -0.2) is 14.7 Å². The zero-order chi connectivity index (χ0) is 19.5. The Hall–Kier alpha value is -3.06. The van der Waals surface area contributed by atoms with E-state index in [1.807, 2.05) is 54.6 Å². The third-order valence-electron chi connectivity index (χ3n) is 4.48. The summed E-state index contributed by atoms with van der Waals surface area (Å²) in [5, 5.41) is 1.71. The van der Waals surface area contributed by atoms with Gasteiger partial charge in [0.25, 0.3) is 0 Å². The van der Waals surface area contributed by atoms with Crippen LogP contribution in [0.2, 0.25) is 0 Å². The molecule has 0 bridgehead atoms. The average Bonchev–Trinajstić information content (AvgIpc) is 3.17. The van der Waals surface area contributed by atoms with Crippen LogP contribution in [0.1, 0.15) is 0 Å². The number of fused-ring (bicyclic) bond motifs is 1. The molecule has 0 radical (unpaired) electrons. The lowest BCUT2D eigenvalue weighted by Crippen LogP contribution is -2.33. The van der Waals surface area contributed by atoms with E-state index in [9.17, 15) is 9.59 Å². The summed E-state index contributed by atoms with van der Waals surface area (Å²) in [7, 11) is 1.62. The molecule has 142 valence electrons. The largest absolute Gasteiger partial charge is 0.497 e. The maximum atomic E-state index is 12.3. The zero-order valence-electron chi connectivity index (χ0n) is 15.3. The van der Waals surface area contributed by atoms with E-state index in [1.54, 1.807) is 7.11 Å². The van der Waals surface area contributed by atoms with E-state index in [0.29, 0.717) is 11.6 Å². The second-order valence-corrected chi connectivity index (χ2v) is 7.20. The van der Waals surface area contributed by atoms with Crippen LogP contribution in [0.25, 0.3) is 22.0 Å². The smallest absolute Gasteiger partial charge is 0.416 e. The first-order valence-corrected chi connectivity index (χ1v) is 9.78. The molecule has 1 fully saturated rings. The molecule has 1 aliphatic rings. The van der Waals surface area contributed by atoms with Crippen LogP contribution in [-0.2, 0) is 9.53 Å². The Morgan fingerprint density at radius 1 is 1.21 bits per heavy atom. The van der Waals surface area contributed by atoms with Gasteiger partial charge in [-0.3, -0.25) is 4.79 Å². The lowest BCUT2D eigenvalue weighted by atomic mass is 10.0. The van der Waals surface area contributed by atoms with Gasteiger partial charge < -0.3 is 9.47 Å². The molecule has 3 aromatic rings. The first kappa shape index (κ1) is 18.3. The van der Waals surface area contributed by atoms with Crippen LogP contribution < -0.4 is 4.74 Å². The molecule has 28 heavy (non-hydrogen) atoms. The van der Waals surface area contributed by atoms with Crippen LogP contribution in [-0.4, -0.2) is 47.9 Å². The number of thioether (sulfide) groups is 1. The number of imide groups is 1. The topological polar surface area (TPSA) is 68.7 Å². The van der Waals surface area contributed by atoms with Crippen LogP contribution in [0.15, 0.2) is 59.6 Å². The molecule has 1 saturated heterocycles. The van der Waals surface area contributed by atoms with Gasteiger partial charge >= 0.3 is 6.09 Å². The van der Waals surface area contributed by atoms with Crippen LogP contribution in [0, 0.1) is 0 Å². The van der Waals surface area contributed by atoms with Gasteiger partial charge in [-0.05, 0) is 29.3 Å². The number of carbonyl (C=O) groups is 2. The first-order valence-electron chi connectivity index (χ1n) is 8.80. The number of carbonyl (C=O) groups excluding carboxylic acids is 2. The highest BCUT2D eigenvalue weighted by Crippen LogP contribution is 2.33. The maximum absolute atomic E-state index is 12.3. The number of nitrogens with zero attached hydrogens (tertiary/aromatic N) is 2. The SMILES string of the molecule is COc1ccc2c(-c3ccccc3)cc(SCC(=O)N3CCOC3=O)nc2c1. The van der Waals surface area contributed by atoms with Gasteiger partial charge in [0.1, 0.15) is 12.4 Å². The van der Waals surface area contributed by atoms with Gasteiger partial charge in [0.05, 0.1) is 30.0 Å². The van der Waals surface area contributed by atoms with Gasteiger partial charge in [-0.15, -0.1) is 0 Å². The Labute approximate surface area is 166 Å².